The molecule has 1 aromatic rings. The third-order valence-electron chi connectivity index (χ3n) is 4.08. The van der Waals surface area contributed by atoms with Gasteiger partial charge in [0.2, 0.25) is 0 Å². The molecule has 0 spiro atoms. The highest BCUT2D eigenvalue weighted by atomic mass is 16.5. The van der Waals surface area contributed by atoms with Crippen molar-refractivity contribution in [3.8, 4) is 5.75 Å². The maximum absolute atomic E-state index is 12.2. The molecule has 0 radical (unpaired) electrons. The third kappa shape index (κ3) is 4.19. The van der Waals surface area contributed by atoms with Gasteiger partial charge in [0.15, 0.2) is 6.61 Å². The van der Waals surface area contributed by atoms with Crippen LogP contribution in [0.15, 0.2) is 18.2 Å². The molecule has 5 nitrogen and oxygen atoms in total. The Morgan fingerprint density at radius 1 is 1.24 bits per heavy atom. The summed E-state index contributed by atoms with van der Waals surface area (Å²) in [6.07, 6.45) is 0. The number of ether oxygens (including phenoxy) is 1. The predicted molar refractivity (Wildman–Crippen MR) is 83.5 cm³/mol. The summed E-state index contributed by atoms with van der Waals surface area (Å²) >= 11 is 0. The van der Waals surface area contributed by atoms with E-state index in [1.165, 1.54) is 5.56 Å². The van der Waals surface area contributed by atoms with Gasteiger partial charge in [0.05, 0.1) is 0 Å². The van der Waals surface area contributed by atoms with Gasteiger partial charge in [-0.1, -0.05) is 12.1 Å². The van der Waals surface area contributed by atoms with Gasteiger partial charge in [-0.05, 0) is 31.0 Å². The topological polar surface area (TPSA) is 58.8 Å². The van der Waals surface area contributed by atoms with Crippen LogP contribution >= 0.6 is 0 Å². The molecule has 1 saturated heterocycles. The molecule has 1 aromatic carbocycles. The van der Waals surface area contributed by atoms with Crippen LogP contribution in [0.25, 0.3) is 0 Å². The first kappa shape index (κ1) is 15.8. The van der Waals surface area contributed by atoms with Crippen LogP contribution in [-0.2, 0) is 4.79 Å². The van der Waals surface area contributed by atoms with E-state index in [2.05, 4.69) is 4.90 Å². The Morgan fingerprint density at radius 3 is 2.62 bits per heavy atom. The third-order valence-corrected chi connectivity index (χ3v) is 4.08. The van der Waals surface area contributed by atoms with E-state index in [0.717, 1.165) is 44.0 Å². The molecule has 0 bridgehead atoms. The number of carbonyl (C=O) groups is 1. The van der Waals surface area contributed by atoms with Crippen molar-refractivity contribution in [2.24, 2.45) is 5.73 Å². The minimum absolute atomic E-state index is 0.0586. The number of rotatable bonds is 5. The zero-order chi connectivity index (χ0) is 15.2. The van der Waals surface area contributed by atoms with Gasteiger partial charge in [0, 0.05) is 39.3 Å². The lowest BCUT2D eigenvalue weighted by Gasteiger charge is -2.34. The number of nitrogens with zero attached hydrogens (tertiary/aromatic N) is 2. The Bertz CT molecular complexity index is 482. The second-order valence-electron chi connectivity index (χ2n) is 5.50. The molecule has 1 amide bonds. The average Bonchev–Trinajstić information content (AvgIpc) is 2.49. The maximum Gasteiger partial charge on any atom is 0.260 e. The molecular weight excluding hydrogens is 266 g/mol. The number of hydrogen-bond acceptors (Lipinski definition) is 4. The number of aryl methyl sites for hydroxylation is 1. The van der Waals surface area contributed by atoms with E-state index in [0.29, 0.717) is 6.54 Å². The smallest absolute Gasteiger partial charge is 0.260 e. The zero-order valence-electron chi connectivity index (χ0n) is 13.0. The molecular formula is C16H25N3O2. The second-order valence-corrected chi connectivity index (χ2v) is 5.50. The van der Waals surface area contributed by atoms with Crippen LogP contribution in [0.5, 0.6) is 5.75 Å². The summed E-state index contributed by atoms with van der Waals surface area (Å²) in [5.74, 6) is 0.855. The Kier molecular flexibility index (Phi) is 5.59. The van der Waals surface area contributed by atoms with E-state index in [-0.39, 0.29) is 12.5 Å². The summed E-state index contributed by atoms with van der Waals surface area (Å²) in [5, 5.41) is 0. The van der Waals surface area contributed by atoms with Gasteiger partial charge in [-0.2, -0.15) is 0 Å². The highest BCUT2D eigenvalue weighted by Gasteiger charge is 2.21. The fourth-order valence-corrected chi connectivity index (χ4v) is 2.51. The van der Waals surface area contributed by atoms with Crippen molar-refractivity contribution in [1.82, 2.24) is 9.80 Å². The van der Waals surface area contributed by atoms with Crippen molar-refractivity contribution in [1.29, 1.82) is 0 Å². The molecule has 2 N–H and O–H groups in total. The second kappa shape index (κ2) is 7.43. The van der Waals surface area contributed by atoms with E-state index in [1.807, 2.05) is 36.9 Å². The number of nitrogens with two attached hydrogens (primary N) is 1. The van der Waals surface area contributed by atoms with Crippen LogP contribution < -0.4 is 10.5 Å². The van der Waals surface area contributed by atoms with E-state index in [9.17, 15) is 4.79 Å². The van der Waals surface area contributed by atoms with Crippen molar-refractivity contribution in [3.63, 3.8) is 0 Å². The molecule has 0 atom stereocenters. The molecule has 2 rings (SSSR count). The molecule has 1 fully saturated rings. The first-order valence-electron chi connectivity index (χ1n) is 7.51. The molecule has 1 aliphatic rings. The first-order valence-corrected chi connectivity index (χ1v) is 7.51. The average molecular weight is 291 g/mol. The highest BCUT2D eigenvalue weighted by Crippen LogP contribution is 2.20. The van der Waals surface area contributed by atoms with E-state index in [1.54, 1.807) is 0 Å². The molecule has 0 unspecified atom stereocenters. The normalized spacial score (nSPS) is 16.0. The fraction of sp³-hybridized carbons (Fsp3) is 0.562. The Hall–Kier alpha value is -1.59. The lowest BCUT2D eigenvalue weighted by Crippen LogP contribution is -2.50. The van der Waals surface area contributed by atoms with Crippen LogP contribution in [0.2, 0.25) is 0 Å². The zero-order valence-corrected chi connectivity index (χ0v) is 13.0. The standard InChI is InChI=1S/C16H25N3O2/c1-13-4-3-5-15(14(13)2)21-12-16(20)19-10-8-18(7-6-17)9-11-19/h3-5H,6-12,17H2,1-2H3. The number of hydrogen-bond donors (Lipinski definition) is 1. The van der Waals surface area contributed by atoms with Gasteiger partial charge in [-0.15, -0.1) is 0 Å². The largest absolute Gasteiger partial charge is 0.483 e. The SMILES string of the molecule is Cc1cccc(OCC(=O)N2CCN(CCN)CC2)c1C. The van der Waals surface area contributed by atoms with Gasteiger partial charge >= 0.3 is 0 Å². The van der Waals surface area contributed by atoms with Crippen molar-refractivity contribution in [2.45, 2.75) is 13.8 Å². The van der Waals surface area contributed by atoms with Gasteiger partial charge in [-0.25, -0.2) is 0 Å². The van der Waals surface area contributed by atoms with Crippen LogP contribution in [0.3, 0.4) is 0 Å². The molecule has 21 heavy (non-hydrogen) atoms. The molecule has 1 aliphatic heterocycles. The molecule has 1 heterocycles. The van der Waals surface area contributed by atoms with Crippen molar-refractivity contribution in [2.75, 3.05) is 45.9 Å². The monoisotopic (exact) mass is 291 g/mol. The summed E-state index contributed by atoms with van der Waals surface area (Å²) in [6.45, 7) is 9.05. The minimum Gasteiger partial charge on any atom is -0.483 e. The van der Waals surface area contributed by atoms with Gasteiger partial charge in [0.1, 0.15) is 5.75 Å². The fourth-order valence-electron chi connectivity index (χ4n) is 2.51. The van der Waals surface area contributed by atoms with Crippen LogP contribution in [0.4, 0.5) is 0 Å². The number of amides is 1. The van der Waals surface area contributed by atoms with E-state index in [4.69, 9.17) is 10.5 Å². The quantitative estimate of drug-likeness (QED) is 0.871. The maximum atomic E-state index is 12.2. The number of benzene rings is 1. The number of piperazine rings is 1. The highest BCUT2D eigenvalue weighted by molar-refractivity contribution is 5.78. The summed E-state index contributed by atoms with van der Waals surface area (Å²) < 4.78 is 5.68. The van der Waals surface area contributed by atoms with Gasteiger partial charge in [0.25, 0.3) is 5.91 Å². The Balaban J connectivity index is 1.81. The van der Waals surface area contributed by atoms with Crippen molar-refractivity contribution < 1.29 is 9.53 Å². The molecule has 0 aliphatic carbocycles. The molecule has 116 valence electrons. The summed E-state index contributed by atoms with van der Waals surface area (Å²) in [7, 11) is 0. The van der Waals surface area contributed by atoms with Crippen LogP contribution in [-0.4, -0.2) is 61.6 Å². The molecule has 0 saturated carbocycles. The van der Waals surface area contributed by atoms with Gasteiger partial charge < -0.3 is 15.4 Å². The first-order chi connectivity index (χ1) is 10.1. The Labute approximate surface area is 126 Å². The molecule has 5 heteroatoms. The summed E-state index contributed by atoms with van der Waals surface area (Å²) in [4.78, 5) is 16.4. The Morgan fingerprint density at radius 2 is 1.95 bits per heavy atom. The predicted octanol–water partition coefficient (Wildman–Crippen LogP) is 0.785. The van der Waals surface area contributed by atoms with Crippen molar-refractivity contribution in [3.05, 3.63) is 29.3 Å². The lowest BCUT2D eigenvalue weighted by molar-refractivity contribution is -0.135. The minimum atomic E-state index is 0.0586. The van der Waals surface area contributed by atoms with Crippen LogP contribution in [0, 0.1) is 13.8 Å². The molecule has 0 aromatic heterocycles. The number of carbonyl (C=O) groups excluding carboxylic acids is 1. The van der Waals surface area contributed by atoms with Gasteiger partial charge in [-0.3, -0.25) is 9.69 Å². The summed E-state index contributed by atoms with van der Waals surface area (Å²) in [6, 6.07) is 5.91. The summed E-state index contributed by atoms with van der Waals surface area (Å²) in [5.41, 5.74) is 7.82. The van der Waals surface area contributed by atoms with Crippen molar-refractivity contribution >= 4 is 5.91 Å². The van der Waals surface area contributed by atoms with Crippen LogP contribution in [0.1, 0.15) is 11.1 Å². The van der Waals surface area contributed by atoms with E-state index >= 15 is 0 Å². The van der Waals surface area contributed by atoms with E-state index < -0.39 is 0 Å². The lowest BCUT2D eigenvalue weighted by atomic mass is 10.1.